The topological polar surface area (TPSA) is 104 Å². The van der Waals surface area contributed by atoms with Crippen molar-refractivity contribution < 1.29 is 33.3 Å². The standard InChI is InChI=1S/C22H24N2O7/c1-27-15-9-7-14(8-10-15)23-22(26)31-18-12-30-20-17(11-29-21(18)20)24-19(25)13-28-16-5-3-2-4-6-16/h2-10,17-18,20-21H,11-13H2,1H3,(H,23,26)(H,24,25). The van der Waals surface area contributed by atoms with Crippen molar-refractivity contribution in [2.75, 3.05) is 32.2 Å². The van der Waals surface area contributed by atoms with Crippen molar-refractivity contribution in [2.24, 2.45) is 0 Å². The van der Waals surface area contributed by atoms with Gasteiger partial charge in [-0.15, -0.1) is 0 Å². The van der Waals surface area contributed by atoms with Crippen LogP contribution >= 0.6 is 0 Å². The van der Waals surface area contributed by atoms with Gasteiger partial charge in [0.25, 0.3) is 5.91 Å². The summed E-state index contributed by atoms with van der Waals surface area (Å²) in [6.07, 6.45) is -2.00. The molecule has 0 radical (unpaired) electrons. The second kappa shape index (κ2) is 9.67. The number of amides is 2. The lowest BCUT2D eigenvalue weighted by atomic mass is 10.1. The minimum atomic E-state index is -0.605. The predicted molar refractivity (Wildman–Crippen MR) is 110 cm³/mol. The first kappa shape index (κ1) is 21.0. The Morgan fingerprint density at radius 2 is 1.71 bits per heavy atom. The molecule has 4 rings (SSSR count). The number of hydrogen-bond donors (Lipinski definition) is 2. The number of para-hydroxylation sites is 1. The van der Waals surface area contributed by atoms with E-state index in [0.29, 0.717) is 17.2 Å². The number of hydrogen-bond acceptors (Lipinski definition) is 7. The zero-order valence-corrected chi connectivity index (χ0v) is 17.0. The first-order valence-corrected chi connectivity index (χ1v) is 9.94. The van der Waals surface area contributed by atoms with Crippen molar-refractivity contribution in [1.29, 1.82) is 0 Å². The number of anilines is 1. The van der Waals surface area contributed by atoms with Crippen molar-refractivity contribution in [1.82, 2.24) is 5.32 Å². The maximum absolute atomic E-state index is 12.2. The molecule has 0 spiro atoms. The number of carbonyl (C=O) groups excluding carboxylic acids is 2. The van der Waals surface area contributed by atoms with Gasteiger partial charge < -0.3 is 29.0 Å². The molecule has 164 valence electrons. The number of methoxy groups -OCH3 is 1. The van der Waals surface area contributed by atoms with E-state index in [1.807, 2.05) is 18.2 Å². The molecule has 0 aliphatic carbocycles. The second-order valence-electron chi connectivity index (χ2n) is 7.17. The van der Waals surface area contributed by atoms with Gasteiger partial charge in [-0.3, -0.25) is 10.1 Å². The van der Waals surface area contributed by atoms with Gasteiger partial charge in [-0.1, -0.05) is 18.2 Å². The molecule has 4 atom stereocenters. The molecule has 2 amide bonds. The van der Waals surface area contributed by atoms with Crippen LogP contribution in [0, 0.1) is 0 Å². The highest BCUT2D eigenvalue weighted by molar-refractivity contribution is 5.84. The van der Waals surface area contributed by atoms with Crippen LogP contribution in [0.3, 0.4) is 0 Å². The number of ether oxygens (including phenoxy) is 5. The van der Waals surface area contributed by atoms with Crippen LogP contribution in [0.15, 0.2) is 54.6 Å². The summed E-state index contributed by atoms with van der Waals surface area (Å²) < 4.78 is 27.5. The van der Waals surface area contributed by atoms with Crippen molar-refractivity contribution in [2.45, 2.75) is 24.4 Å². The van der Waals surface area contributed by atoms with Crippen LogP contribution in [0.4, 0.5) is 10.5 Å². The summed E-state index contributed by atoms with van der Waals surface area (Å²) in [5, 5.41) is 5.52. The van der Waals surface area contributed by atoms with Crippen molar-refractivity contribution in [3.05, 3.63) is 54.6 Å². The van der Waals surface area contributed by atoms with Gasteiger partial charge in [-0.25, -0.2) is 4.79 Å². The molecule has 31 heavy (non-hydrogen) atoms. The van der Waals surface area contributed by atoms with E-state index in [0.717, 1.165) is 0 Å². The molecule has 2 aliphatic rings. The molecule has 0 aromatic heterocycles. The molecule has 2 N–H and O–H groups in total. The minimum Gasteiger partial charge on any atom is -0.497 e. The fourth-order valence-electron chi connectivity index (χ4n) is 3.56. The van der Waals surface area contributed by atoms with Gasteiger partial charge in [0, 0.05) is 5.69 Å². The Morgan fingerprint density at radius 1 is 0.968 bits per heavy atom. The molecule has 2 aromatic carbocycles. The average molecular weight is 428 g/mol. The summed E-state index contributed by atoms with van der Waals surface area (Å²) in [6.45, 7) is 0.354. The molecule has 2 saturated heterocycles. The molecule has 2 heterocycles. The second-order valence-corrected chi connectivity index (χ2v) is 7.17. The Bertz CT molecular complexity index is 890. The molecule has 2 aliphatic heterocycles. The summed E-state index contributed by atoms with van der Waals surface area (Å²) in [6, 6.07) is 15.7. The smallest absolute Gasteiger partial charge is 0.412 e. The SMILES string of the molecule is COc1ccc(NC(=O)OC2COC3C(NC(=O)COc4ccccc4)COC23)cc1. The van der Waals surface area contributed by atoms with E-state index in [4.69, 9.17) is 23.7 Å². The zero-order valence-electron chi connectivity index (χ0n) is 17.0. The molecule has 2 fully saturated rings. The van der Waals surface area contributed by atoms with Crippen LogP contribution in [0.5, 0.6) is 11.5 Å². The summed E-state index contributed by atoms with van der Waals surface area (Å²) in [4.78, 5) is 24.4. The largest absolute Gasteiger partial charge is 0.497 e. The monoisotopic (exact) mass is 428 g/mol. The van der Waals surface area contributed by atoms with Crippen LogP contribution in [-0.2, 0) is 19.0 Å². The highest BCUT2D eigenvalue weighted by atomic mass is 16.6. The van der Waals surface area contributed by atoms with Crippen molar-refractivity contribution >= 4 is 17.7 Å². The third-order valence-corrected chi connectivity index (χ3v) is 5.06. The summed E-state index contributed by atoms with van der Waals surface area (Å²) in [7, 11) is 1.57. The quantitative estimate of drug-likeness (QED) is 0.695. The first-order chi connectivity index (χ1) is 15.1. The van der Waals surface area contributed by atoms with Gasteiger partial charge in [0.2, 0.25) is 0 Å². The maximum Gasteiger partial charge on any atom is 0.412 e. The minimum absolute atomic E-state index is 0.109. The van der Waals surface area contributed by atoms with Crippen LogP contribution in [-0.4, -0.2) is 63.3 Å². The molecule has 9 heteroatoms. The number of rotatable bonds is 7. The average Bonchev–Trinajstić information content (AvgIpc) is 3.37. The Balaban J connectivity index is 1.23. The lowest BCUT2D eigenvalue weighted by molar-refractivity contribution is -0.124. The Labute approximate surface area is 179 Å². The van der Waals surface area contributed by atoms with Gasteiger partial charge >= 0.3 is 6.09 Å². The Kier molecular flexibility index (Phi) is 6.54. The molecule has 9 nitrogen and oxygen atoms in total. The van der Waals surface area contributed by atoms with Gasteiger partial charge in [0.15, 0.2) is 12.7 Å². The Morgan fingerprint density at radius 3 is 2.45 bits per heavy atom. The van der Waals surface area contributed by atoms with E-state index in [1.54, 1.807) is 43.5 Å². The number of nitrogens with one attached hydrogen (secondary N) is 2. The van der Waals surface area contributed by atoms with Gasteiger partial charge in [0.1, 0.15) is 23.7 Å². The molecule has 2 aromatic rings. The number of carbonyl (C=O) groups is 2. The molecule has 4 unspecified atom stereocenters. The summed E-state index contributed by atoms with van der Waals surface area (Å²) >= 11 is 0. The fourth-order valence-corrected chi connectivity index (χ4v) is 3.56. The van der Waals surface area contributed by atoms with E-state index in [9.17, 15) is 9.59 Å². The van der Waals surface area contributed by atoms with E-state index in [-0.39, 0.29) is 37.9 Å². The number of benzene rings is 2. The van der Waals surface area contributed by atoms with Crippen LogP contribution in [0.1, 0.15) is 0 Å². The molecular formula is C22H24N2O7. The van der Waals surface area contributed by atoms with Gasteiger partial charge in [-0.05, 0) is 36.4 Å². The van der Waals surface area contributed by atoms with E-state index in [2.05, 4.69) is 10.6 Å². The predicted octanol–water partition coefficient (Wildman–Crippen LogP) is 1.97. The van der Waals surface area contributed by atoms with Gasteiger partial charge in [-0.2, -0.15) is 0 Å². The highest BCUT2D eigenvalue weighted by Crippen LogP contribution is 2.29. The normalized spacial score (nSPS) is 24.2. The lowest BCUT2D eigenvalue weighted by Gasteiger charge is -2.18. The lowest BCUT2D eigenvalue weighted by Crippen LogP contribution is -2.46. The fraction of sp³-hybridized carbons (Fsp3) is 0.364. The maximum atomic E-state index is 12.2. The van der Waals surface area contributed by atoms with E-state index >= 15 is 0 Å². The van der Waals surface area contributed by atoms with Crippen molar-refractivity contribution in [3.8, 4) is 11.5 Å². The van der Waals surface area contributed by atoms with Gasteiger partial charge in [0.05, 0.1) is 26.4 Å². The summed E-state index contributed by atoms with van der Waals surface area (Å²) in [5.74, 6) is 1.03. The number of fused-ring (bicyclic) bond motifs is 1. The highest BCUT2D eigenvalue weighted by Gasteiger charge is 2.50. The molecule has 0 saturated carbocycles. The Hall–Kier alpha value is -3.30. The van der Waals surface area contributed by atoms with E-state index < -0.39 is 18.3 Å². The first-order valence-electron chi connectivity index (χ1n) is 9.94. The molecule has 0 bridgehead atoms. The third kappa shape index (κ3) is 5.25. The zero-order chi connectivity index (χ0) is 21.6. The summed E-state index contributed by atoms with van der Waals surface area (Å²) in [5.41, 5.74) is 0.581. The molecular weight excluding hydrogens is 404 g/mol. The van der Waals surface area contributed by atoms with Crippen LogP contribution in [0.25, 0.3) is 0 Å². The third-order valence-electron chi connectivity index (χ3n) is 5.06. The van der Waals surface area contributed by atoms with E-state index in [1.165, 1.54) is 0 Å². The van der Waals surface area contributed by atoms with Crippen molar-refractivity contribution in [3.63, 3.8) is 0 Å². The van der Waals surface area contributed by atoms with Crippen LogP contribution < -0.4 is 20.1 Å². The van der Waals surface area contributed by atoms with Crippen LogP contribution in [0.2, 0.25) is 0 Å².